The first kappa shape index (κ1) is 13.9. The van der Waals surface area contributed by atoms with Crippen LogP contribution in [0.25, 0.3) is 0 Å². The normalized spacial score (nSPS) is 14.9. The maximum atomic E-state index is 11.7. The average molecular weight is 283 g/mol. The SMILES string of the molecule is Cn1cccc1CNCc1ccc(N2CCCC2=O)cc1. The molecule has 1 aliphatic heterocycles. The second kappa shape index (κ2) is 6.14. The molecule has 0 atom stereocenters. The Hall–Kier alpha value is -2.07. The number of amides is 1. The van der Waals surface area contributed by atoms with Gasteiger partial charge in [0.15, 0.2) is 0 Å². The number of rotatable bonds is 5. The van der Waals surface area contributed by atoms with Crippen LogP contribution < -0.4 is 10.2 Å². The van der Waals surface area contributed by atoms with E-state index in [9.17, 15) is 4.79 Å². The van der Waals surface area contributed by atoms with Crippen molar-refractivity contribution in [1.29, 1.82) is 0 Å². The third-order valence-electron chi connectivity index (χ3n) is 4.01. The van der Waals surface area contributed by atoms with Crippen molar-refractivity contribution in [2.75, 3.05) is 11.4 Å². The van der Waals surface area contributed by atoms with Gasteiger partial charge in [0.1, 0.15) is 0 Å². The van der Waals surface area contributed by atoms with Crippen molar-refractivity contribution in [2.24, 2.45) is 7.05 Å². The first-order valence-electron chi connectivity index (χ1n) is 7.44. The van der Waals surface area contributed by atoms with E-state index in [0.29, 0.717) is 6.42 Å². The highest BCUT2D eigenvalue weighted by Crippen LogP contribution is 2.21. The van der Waals surface area contributed by atoms with Gasteiger partial charge in [-0.15, -0.1) is 0 Å². The number of benzene rings is 1. The topological polar surface area (TPSA) is 37.3 Å². The third-order valence-corrected chi connectivity index (χ3v) is 4.01. The fourth-order valence-corrected chi connectivity index (χ4v) is 2.73. The van der Waals surface area contributed by atoms with E-state index < -0.39 is 0 Å². The van der Waals surface area contributed by atoms with Crippen LogP contribution in [0.4, 0.5) is 5.69 Å². The molecule has 2 heterocycles. The van der Waals surface area contributed by atoms with Crippen molar-refractivity contribution in [3.05, 3.63) is 53.9 Å². The summed E-state index contributed by atoms with van der Waals surface area (Å²) in [5, 5.41) is 3.44. The van der Waals surface area contributed by atoms with Gasteiger partial charge < -0.3 is 14.8 Å². The van der Waals surface area contributed by atoms with Crippen LogP contribution >= 0.6 is 0 Å². The molecule has 0 radical (unpaired) electrons. The monoisotopic (exact) mass is 283 g/mol. The fourth-order valence-electron chi connectivity index (χ4n) is 2.73. The second-order valence-electron chi connectivity index (χ2n) is 5.53. The molecule has 0 unspecified atom stereocenters. The summed E-state index contributed by atoms with van der Waals surface area (Å²) in [6.07, 6.45) is 3.71. The molecule has 0 saturated carbocycles. The van der Waals surface area contributed by atoms with Gasteiger partial charge in [0.05, 0.1) is 0 Å². The Labute approximate surface area is 125 Å². The number of anilines is 1. The molecule has 1 fully saturated rings. The van der Waals surface area contributed by atoms with Crippen molar-refractivity contribution < 1.29 is 4.79 Å². The lowest BCUT2D eigenvalue weighted by Crippen LogP contribution is -2.23. The van der Waals surface area contributed by atoms with E-state index in [1.807, 2.05) is 17.0 Å². The highest BCUT2D eigenvalue weighted by molar-refractivity contribution is 5.95. The molecule has 0 spiro atoms. The first-order valence-corrected chi connectivity index (χ1v) is 7.44. The van der Waals surface area contributed by atoms with Crippen LogP contribution in [0.3, 0.4) is 0 Å². The Bertz CT molecular complexity index is 615. The zero-order valence-corrected chi connectivity index (χ0v) is 12.4. The van der Waals surface area contributed by atoms with E-state index >= 15 is 0 Å². The predicted molar refractivity (Wildman–Crippen MR) is 84.0 cm³/mol. The predicted octanol–water partition coefficient (Wildman–Crippen LogP) is 2.44. The van der Waals surface area contributed by atoms with E-state index in [1.165, 1.54) is 11.3 Å². The lowest BCUT2D eigenvalue weighted by atomic mass is 10.2. The van der Waals surface area contributed by atoms with Crippen LogP contribution in [0.5, 0.6) is 0 Å². The summed E-state index contributed by atoms with van der Waals surface area (Å²) >= 11 is 0. The van der Waals surface area contributed by atoms with Gasteiger partial charge in [0, 0.05) is 50.7 Å². The number of hydrogen-bond acceptors (Lipinski definition) is 2. The molecule has 1 amide bonds. The summed E-state index contributed by atoms with van der Waals surface area (Å²) in [6.45, 7) is 2.54. The molecule has 4 nitrogen and oxygen atoms in total. The van der Waals surface area contributed by atoms with Crippen molar-refractivity contribution in [2.45, 2.75) is 25.9 Å². The Kier molecular flexibility index (Phi) is 4.06. The number of nitrogens with one attached hydrogen (secondary N) is 1. The highest BCUT2D eigenvalue weighted by Gasteiger charge is 2.21. The molecule has 1 aromatic carbocycles. The van der Waals surface area contributed by atoms with Gasteiger partial charge in [-0.25, -0.2) is 0 Å². The molecule has 3 rings (SSSR count). The largest absolute Gasteiger partial charge is 0.353 e. The van der Waals surface area contributed by atoms with E-state index in [1.54, 1.807) is 0 Å². The molecule has 21 heavy (non-hydrogen) atoms. The smallest absolute Gasteiger partial charge is 0.227 e. The number of nitrogens with zero attached hydrogens (tertiary/aromatic N) is 2. The summed E-state index contributed by atoms with van der Waals surface area (Å²) in [6, 6.07) is 12.5. The summed E-state index contributed by atoms with van der Waals surface area (Å²) in [5.74, 6) is 0.240. The summed E-state index contributed by atoms with van der Waals surface area (Å²) in [5.41, 5.74) is 3.53. The van der Waals surface area contributed by atoms with Crippen LogP contribution in [0.2, 0.25) is 0 Å². The standard InChI is InChI=1S/C17H21N3O/c1-19-10-2-4-16(19)13-18-12-14-6-8-15(9-7-14)20-11-3-5-17(20)21/h2,4,6-10,18H,3,5,11-13H2,1H3. The highest BCUT2D eigenvalue weighted by atomic mass is 16.2. The molecular formula is C17H21N3O. The molecule has 0 aliphatic carbocycles. The van der Waals surface area contributed by atoms with Gasteiger partial charge in [-0.1, -0.05) is 12.1 Å². The van der Waals surface area contributed by atoms with Crippen LogP contribution in [-0.4, -0.2) is 17.0 Å². The molecule has 1 saturated heterocycles. The van der Waals surface area contributed by atoms with Gasteiger partial charge in [0.2, 0.25) is 5.91 Å². The molecule has 1 aromatic heterocycles. The Morgan fingerprint density at radius 2 is 1.95 bits per heavy atom. The van der Waals surface area contributed by atoms with Gasteiger partial charge in [-0.2, -0.15) is 0 Å². The number of carbonyl (C=O) groups is 1. The molecule has 1 aliphatic rings. The minimum Gasteiger partial charge on any atom is -0.353 e. The minimum atomic E-state index is 0.240. The van der Waals surface area contributed by atoms with Crippen molar-refractivity contribution >= 4 is 11.6 Å². The van der Waals surface area contributed by atoms with Gasteiger partial charge in [-0.3, -0.25) is 4.79 Å². The maximum Gasteiger partial charge on any atom is 0.227 e. The summed E-state index contributed by atoms with van der Waals surface area (Å²) in [7, 11) is 2.05. The molecular weight excluding hydrogens is 262 g/mol. The van der Waals surface area contributed by atoms with E-state index in [4.69, 9.17) is 0 Å². The van der Waals surface area contributed by atoms with Crippen LogP contribution in [0.15, 0.2) is 42.6 Å². The molecule has 1 N–H and O–H groups in total. The van der Waals surface area contributed by atoms with Crippen molar-refractivity contribution in [3.8, 4) is 0 Å². The molecule has 110 valence electrons. The number of aryl methyl sites for hydroxylation is 1. The zero-order valence-electron chi connectivity index (χ0n) is 12.4. The van der Waals surface area contributed by atoms with Crippen LogP contribution in [0.1, 0.15) is 24.1 Å². The zero-order chi connectivity index (χ0) is 14.7. The average Bonchev–Trinajstić information content (AvgIpc) is 3.09. The van der Waals surface area contributed by atoms with E-state index in [0.717, 1.165) is 31.7 Å². The van der Waals surface area contributed by atoms with E-state index in [2.05, 4.69) is 47.4 Å². The lowest BCUT2D eigenvalue weighted by molar-refractivity contribution is -0.117. The third kappa shape index (κ3) is 3.16. The Morgan fingerprint density at radius 3 is 2.57 bits per heavy atom. The van der Waals surface area contributed by atoms with Crippen LogP contribution in [-0.2, 0) is 24.9 Å². The second-order valence-corrected chi connectivity index (χ2v) is 5.53. The number of hydrogen-bond donors (Lipinski definition) is 1. The van der Waals surface area contributed by atoms with Gasteiger partial charge in [0.25, 0.3) is 0 Å². The quantitative estimate of drug-likeness (QED) is 0.915. The summed E-state index contributed by atoms with van der Waals surface area (Å²) in [4.78, 5) is 13.6. The molecule has 4 heteroatoms. The maximum absolute atomic E-state index is 11.7. The Balaban J connectivity index is 1.55. The minimum absolute atomic E-state index is 0.240. The first-order chi connectivity index (χ1) is 10.2. The van der Waals surface area contributed by atoms with Gasteiger partial charge >= 0.3 is 0 Å². The van der Waals surface area contributed by atoms with Crippen LogP contribution in [0, 0.1) is 0 Å². The fraction of sp³-hybridized carbons (Fsp3) is 0.353. The molecule has 0 bridgehead atoms. The number of aromatic nitrogens is 1. The van der Waals surface area contributed by atoms with E-state index in [-0.39, 0.29) is 5.91 Å². The van der Waals surface area contributed by atoms with Crippen molar-refractivity contribution in [3.63, 3.8) is 0 Å². The number of carbonyl (C=O) groups excluding carboxylic acids is 1. The Morgan fingerprint density at radius 1 is 1.14 bits per heavy atom. The van der Waals surface area contributed by atoms with Gasteiger partial charge in [-0.05, 0) is 36.2 Å². The molecule has 2 aromatic rings. The summed E-state index contributed by atoms with van der Waals surface area (Å²) < 4.78 is 2.12. The lowest BCUT2D eigenvalue weighted by Gasteiger charge is -2.16. The van der Waals surface area contributed by atoms with Crippen molar-refractivity contribution in [1.82, 2.24) is 9.88 Å².